The van der Waals surface area contributed by atoms with Gasteiger partial charge >= 0.3 is 0 Å². The van der Waals surface area contributed by atoms with Gasteiger partial charge in [0.1, 0.15) is 5.69 Å². The van der Waals surface area contributed by atoms with E-state index in [1.165, 1.54) is 6.92 Å². The Morgan fingerprint density at radius 3 is 2.41 bits per heavy atom. The van der Waals surface area contributed by atoms with E-state index in [-0.39, 0.29) is 24.3 Å². The third-order valence-electron chi connectivity index (χ3n) is 4.66. The van der Waals surface area contributed by atoms with Crippen LogP contribution in [0.15, 0.2) is 0 Å². The third kappa shape index (κ3) is 3.40. The molecule has 1 aromatic rings. The van der Waals surface area contributed by atoms with Gasteiger partial charge in [-0.2, -0.15) is 0 Å². The average molecular weight is 306 g/mol. The summed E-state index contributed by atoms with van der Waals surface area (Å²) in [4.78, 5) is 27.4. The maximum atomic E-state index is 12.5. The van der Waals surface area contributed by atoms with Crippen molar-refractivity contribution >= 4 is 11.7 Å². The molecule has 2 rings (SSSR count). The minimum Gasteiger partial charge on any atom is -0.396 e. The summed E-state index contributed by atoms with van der Waals surface area (Å²) in [5, 5.41) is 12.2. The smallest absolute Gasteiger partial charge is 0.268 e. The molecule has 0 aliphatic heterocycles. The van der Waals surface area contributed by atoms with Crippen LogP contribution in [0.2, 0.25) is 0 Å². The van der Waals surface area contributed by atoms with Crippen molar-refractivity contribution in [1.82, 2.24) is 10.3 Å². The van der Waals surface area contributed by atoms with Gasteiger partial charge in [-0.05, 0) is 57.4 Å². The van der Waals surface area contributed by atoms with Crippen LogP contribution in [0.5, 0.6) is 0 Å². The highest BCUT2D eigenvalue weighted by molar-refractivity contribution is 6.02. The summed E-state index contributed by atoms with van der Waals surface area (Å²) in [6, 6.07) is 0.157. The van der Waals surface area contributed by atoms with Gasteiger partial charge in [-0.1, -0.05) is 6.92 Å². The first-order chi connectivity index (χ1) is 10.5. The predicted molar refractivity (Wildman–Crippen MR) is 85.2 cm³/mol. The van der Waals surface area contributed by atoms with Crippen LogP contribution in [0.4, 0.5) is 0 Å². The van der Waals surface area contributed by atoms with Crippen molar-refractivity contribution in [2.24, 2.45) is 5.92 Å². The molecule has 5 heteroatoms. The molecule has 0 saturated heterocycles. The topological polar surface area (TPSA) is 82.2 Å². The van der Waals surface area contributed by atoms with E-state index in [0.29, 0.717) is 23.6 Å². The number of hydrogen-bond donors (Lipinski definition) is 3. The van der Waals surface area contributed by atoms with Gasteiger partial charge in [0.05, 0.1) is 0 Å². The second-order valence-electron chi connectivity index (χ2n) is 6.26. The van der Waals surface area contributed by atoms with E-state index < -0.39 is 0 Å². The highest BCUT2D eigenvalue weighted by atomic mass is 16.3. The summed E-state index contributed by atoms with van der Waals surface area (Å²) in [5.41, 5.74) is 2.75. The monoisotopic (exact) mass is 306 g/mol. The summed E-state index contributed by atoms with van der Waals surface area (Å²) < 4.78 is 0. The van der Waals surface area contributed by atoms with Crippen LogP contribution in [0.1, 0.15) is 71.6 Å². The highest BCUT2D eigenvalue weighted by Crippen LogP contribution is 2.25. The number of aliphatic hydroxyl groups excluding tert-OH is 1. The molecule has 122 valence electrons. The van der Waals surface area contributed by atoms with Crippen molar-refractivity contribution in [2.45, 2.75) is 58.9 Å². The molecule has 1 heterocycles. The van der Waals surface area contributed by atoms with Gasteiger partial charge in [0.25, 0.3) is 5.91 Å². The number of aliphatic hydroxyl groups is 1. The van der Waals surface area contributed by atoms with Crippen LogP contribution in [-0.4, -0.2) is 34.4 Å². The fourth-order valence-corrected chi connectivity index (χ4v) is 3.45. The van der Waals surface area contributed by atoms with Gasteiger partial charge in [-0.25, -0.2) is 0 Å². The zero-order chi connectivity index (χ0) is 16.3. The molecule has 3 N–H and O–H groups in total. The van der Waals surface area contributed by atoms with Crippen molar-refractivity contribution in [3.8, 4) is 0 Å². The van der Waals surface area contributed by atoms with E-state index in [4.69, 9.17) is 5.11 Å². The zero-order valence-electron chi connectivity index (χ0n) is 13.7. The van der Waals surface area contributed by atoms with E-state index >= 15 is 0 Å². The molecule has 1 fully saturated rings. The number of Topliss-reactive ketones (excluding diaryl/α,β-unsaturated/α-hetero) is 1. The van der Waals surface area contributed by atoms with Gasteiger partial charge in [0.2, 0.25) is 0 Å². The van der Waals surface area contributed by atoms with Crippen LogP contribution in [-0.2, 0) is 6.42 Å². The summed E-state index contributed by atoms with van der Waals surface area (Å²) in [6.07, 6.45) is 4.35. The number of aryl methyl sites for hydroxylation is 1. The predicted octanol–water partition coefficient (Wildman–Crippen LogP) is 2.37. The Bertz CT molecular complexity index is 554. The molecule has 1 aliphatic carbocycles. The third-order valence-corrected chi connectivity index (χ3v) is 4.66. The number of aromatic amines is 1. The molecular formula is C17H26N2O3. The average Bonchev–Trinajstić information content (AvgIpc) is 2.84. The second-order valence-corrected chi connectivity index (χ2v) is 6.26. The SMILES string of the molecule is CCc1c(C(=O)NC2CCC(CO)CC2)[nH]c(C)c1C(C)=O. The first kappa shape index (κ1) is 16.7. The molecule has 1 saturated carbocycles. The van der Waals surface area contributed by atoms with Crippen molar-refractivity contribution in [1.29, 1.82) is 0 Å². The Hall–Kier alpha value is -1.62. The molecule has 0 radical (unpaired) electrons. The number of carbonyl (C=O) groups excluding carboxylic acids is 2. The minimum atomic E-state index is -0.125. The lowest BCUT2D eigenvalue weighted by Gasteiger charge is -2.27. The zero-order valence-corrected chi connectivity index (χ0v) is 13.7. The molecule has 1 aliphatic rings. The molecule has 1 amide bonds. The highest BCUT2D eigenvalue weighted by Gasteiger charge is 2.25. The number of H-pyrrole nitrogens is 1. The minimum absolute atomic E-state index is 0.00639. The summed E-state index contributed by atoms with van der Waals surface area (Å²) in [7, 11) is 0. The van der Waals surface area contributed by atoms with E-state index in [1.807, 2.05) is 13.8 Å². The summed E-state index contributed by atoms with van der Waals surface area (Å²) >= 11 is 0. The second kappa shape index (κ2) is 7.09. The van der Waals surface area contributed by atoms with E-state index in [2.05, 4.69) is 10.3 Å². The van der Waals surface area contributed by atoms with Gasteiger partial charge in [-0.3, -0.25) is 9.59 Å². The molecular weight excluding hydrogens is 280 g/mol. The van der Waals surface area contributed by atoms with Crippen molar-refractivity contribution in [3.63, 3.8) is 0 Å². The lowest BCUT2D eigenvalue weighted by molar-refractivity contribution is 0.0908. The van der Waals surface area contributed by atoms with Gasteiger partial charge in [0, 0.05) is 23.9 Å². The fraction of sp³-hybridized carbons (Fsp3) is 0.647. The van der Waals surface area contributed by atoms with Gasteiger partial charge < -0.3 is 15.4 Å². The number of hydrogen-bond acceptors (Lipinski definition) is 3. The van der Waals surface area contributed by atoms with Crippen molar-refractivity contribution in [2.75, 3.05) is 6.61 Å². The van der Waals surface area contributed by atoms with Crippen LogP contribution >= 0.6 is 0 Å². The van der Waals surface area contributed by atoms with Crippen molar-refractivity contribution in [3.05, 3.63) is 22.5 Å². The van der Waals surface area contributed by atoms with Crippen LogP contribution in [0.3, 0.4) is 0 Å². The summed E-state index contributed by atoms with van der Waals surface area (Å²) in [5.74, 6) is 0.240. The molecule has 0 aromatic carbocycles. The van der Waals surface area contributed by atoms with Crippen LogP contribution in [0, 0.1) is 12.8 Å². The molecule has 0 spiro atoms. The fourth-order valence-electron chi connectivity index (χ4n) is 3.45. The Morgan fingerprint density at radius 1 is 1.27 bits per heavy atom. The number of rotatable bonds is 5. The van der Waals surface area contributed by atoms with Gasteiger partial charge in [0.15, 0.2) is 5.78 Å². The van der Waals surface area contributed by atoms with Crippen LogP contribution < -0.4 is 5.32 Å². The molecule has 1 aromatic heterocycles. The quantitative estimate of drug-likeness (QED) is 0.730. The molecule has 0 bridgehead atoms. The van der Waals surface area contributed by atoms with E-state index in [9.17, 15) is 9.59 Å². The molecule has 0 atom stereocenters. The van der Waals surface area contributed by atoms with E-state index in [1.54, 1.807) is 0 Å². The Balaban J connectivity index is 2.10. The summed E-state index contributed by atoms with van der Waals surface area (Å²) in [6.45, 7) is 5.56. The number of amides is 1. The van der Waals surface area contributed by atoms with Crippen molar-refractivity contribution < 1.29 is 14.7 Å². The standard InChI is InChI=1S/C17H26N2O3/c1-4-14-15(11(3)21)10(2)18-16(14)17(22)19-13-7-5-12(9-20)6-8-13/h12-13,18,20H,4-9H2,1-3H3,(H,19,22). The first-order valence-corrected chi connectivity index (χ1v) is 8.12. The molecule has 5 nitrogen and oxygen atoms in total. The van der Waals surface area contributed by atoms with E-state index in [0.717, 1.165) is 36.9 Å². The Labute approximate surface area is 131 Å². The maximum absolute atomic E-state index is 12.5. The maximum Gasteiger partial charge on any atom is 0.268 e. The molecule has 22 heavy (non-hydrogen) atoms. The number of ketones is 1. The van der Waals surface area contributed by atoms with Gasteiger partial charge in [-0.15, -0.1) is 0 Å². The normalized spacial score (nSPS) is 21.6. The lowest BCUT2D eigenvalue weighted by atomic mass is 9.86. The number of nitrogens with one attached hydrogen (secondary N) is 2. The number of carbonyl (C=O) groups is 2. The Morgan fingerprint density at radius 2 is 1.91 bits per heavy atom. The molecule has 0 unspecified atom stereocenters. The Kier molecular flexibility index (Phi) is 5.40. The number of aromatic nitrogens is 1. The largest absolute Gasteiger partial charge is 0.396 e. The lowest BCUT2D eigenvalue weighted by Crippen LogP contribution is -2.38. The van der Waals surface area contributed by atoms with Crippen LogP contribution in [0.25, 0.3) is 0 Å². The first-order valence-electron chi connectivity index (χ1n) is 8.12.